The minimum absolute atomic E-state index is 0.0687. The van der Waals surface area contributed by atoms with Crippen LogP contribution in [0.5, 0.6) is 11.5 Å². The maximum atomic E-state index is 13.3. The highest BCUT2D eigenvalue weighted by Gasteiger charge is 2.24. The molecule has 4 aromatic rings. The number of nitro groups is 1. The highest BCUT2D eigenvalue weighted by Crippen LogP contribution is 2.32. The zero-order valence-corrected chi connectivity index (χ0v) is 22.9. The summed E-state index contributed by atoms with van der Waals surface area (Å²) in [6.45, 7) is 0.429. The first-order valence-electron chi connectivity index (χ1n) is 12.5. The van der Waals surface area contributed by atoms with E-state index in [0.717, 1.165) is 11.6 Å². The number of anilines is 1. The normalized spacial score (nSPS) is 11.8. The highest BCUT2D eigenvalue weighted by atomic mass is 32.2. The molecule has 0 aliphatic heterocycles. The molecule has 0 saturated heterocycles. The molecular weight excluding hydrogens is 546 g/mol. The summed E-state index contributed by atoms with van der Waals surface area (Å²) in [6, 6.07) is 25.6. The first kappa shape index (κ1) is 29.1. The molecular formula is C29H29N5O6S. The van der Waals surface area contributed by atoms with Gasteiger partial charge in [-0.05, 0) is 53.6 Å². The Kier molecular flexibility index (Phi) is 9.17. The van der Waals surface area contributed by atoms with Gasteiger partial charge in [-0.3, -0.25) is 15.5 Å². The number of hydrogen-bond donors (Lipinski definition) is 4. The Bertz CT molecular complexity index is 1630. The first-order chi connectivity index (χ1) is 19.7. The maximum Gasteiger partial charge on any atom is 0.270 e. The summed E-state index contributed by atoms with van der Waals surface area (Å²) in [5, 5.41) is 22.0. The largest absolute Gasteiger partial charge is 0.493 e. The van der Waals surface area contributed by atoms with Gasteiger partial charge in [0.15, 0.2) is 11.5 Å². The van der Waals surface area contributed by atoms with Gasteiger partial charge in [-0.25, -0.2) is 13.1 Å². The third-order valence-corrected chi connectivity index (χ3v) is 7.64. The van der Waals surface area contributed by atoms with Gasteiger partial charge in [-0.1, -0.05) is 42.5 Å². The Morgan fingerprint density at radius 2 is 1.71 bits per heavy atom. The van der Waals surface area contributed by atoms with Crippen molar-refractivity contribution in [1.29, 1.82) is 5.41 Å². The lowest BCUT2D eigenvalue weighted by Gasteiger charge is -2.22. The van der Waals surface area contributed by atoms with Crippen LogP contribution in [0.3, 0.4) is 0 Å². The number of methoxy groups -OCH3 is 1. The molecule has 5 N–H and O–H groups in total. The Labute approximate surface area is 237 Å². The smallest absolute Gasteiger partial charge is 0.270 e. The number of nitrogens with zero attached hydrogens (tertiary/aromatic N) is 1. The van der Waals surface area contributed by atoms with E-state index in [1.807, 2.05) is 30.3 Å². The fourth-order valence-electron chi connectivity index (χ4n) is 3.99. The number of ether oxygens (including phenoxy) is 2. The highest BCUT2D eigenvalue weighted by molar-refractivity contribution is 7.89. The van der Waals surface area contributed by atoms with E-state index in [2.05, 4.69) is 10.0 Å². The van der Waals surface area contributed by atoms with E-state index >= 15 is 0 Å². The van der Waals surface area contributed by atoms with Crippen molar-refractivity contribution in [2.24, 2.45) is 5.73 Å². The number of amidine groups is 1. The minimum Gasteiger partial charge on any atom is -0.493 e. The fraction of sp³-hybridized carbons (Fsp3) is 0.138. The van der Waals surface area contributed by atoms with Gasteiger partial charge >= 0.3 is 0 Å². The van der Waals surface area contributed by atoms with Crippen molar-refractivity contribution in [3.8, 4) is 11.5 Å². The van der Waals surface area contributed by atoms with Crippen LogP contribution in [0.4, 0.5) is 11.4 Å². The molecule has 11 nitrogen and oxygen atoms in total. The molecule has 0 saturated carbocycles. The van der Waals surface area contributed by atoms with Gasteiger partial charge in [0.2, 0.25) is 10.0 Å². The van der Waals surface area contributed by atoms with Crippen molar-refractivity contribution < 1.29 is 22.8 Å². The van der Waals surface area contributed by atoms with Crippen LogP contribution in [-0.2, 0) is 16.6 Å². The number of nitro benzene ring substituents is 1. The monoisotopic (exact) mass is 575 g/mol. The quantitative estimate of drug-likeness (QED) is 0.0776. The number of nitrogens with two attached hydrogens (primary N) is 1. The van der Waals surface area contributed by atoms with Crippen molar-refractivity contribution in [3.63, 3.8) is 0 Å². The van der Waals surface area contributed by atoms with Gasteiger partial charge in [0.05, 0.1) is 23.0 Å². The number of sulfonamides is 1. The van der Waals surface area contributed by atoms with Crippen LogP contribution < -0.4 is 25.2 Å². The second-order valence-electron chi connectivity index (χ2n) is 8.98. The first-order valence-corrected chi connectivity index (χ1v) is 13.9. The number of nitrogens with one attached hydrogen (secondary N) is 3. The van der Waals surface area contributed by atoms with Crippen molar-refractivity contribution in [1.82, 2.24) is 4.72 Å². The van der Waals surface area contributed by atoms with Gasteiger partial charge in [0.25, 0.3) is 5.69 Å². The molecule has 1 atom stereocenters. The molecule has 4 rings (SSSR count). The van der Waals surface area contributed by atoms with E-state index in [-0.39, 0.29) is 23.0 Å². The summed E-state index contributed by atoms with van der Waals surface area (Å²) in [5.41, 5.74) is 7.95. The Hall–Kier alpha value is -4.94. The average molecular weight is 576 g/mol. The van der Waals surface area contributed by atoms with E-state index < -0.39 is 21.0 Å². The molecule has 41 heavy (non-hydrogen) atoms. The molecule has 0 aliphatic rings. The zero-order chi connectivity index (χ0) is 29.4. The summed E-state index contributed by atoms with van der Waals surface area (Å²) in [6.07, 6.45) is 0. The van der Waals surface area contributed by atoms with Crippen LogP contribution >= 0.6 is 0 Å². The minimum atomic E-state index is -4.17. The second kappa shape index (κ2) is 12.9. The number of rotatable bonds is 13. The molecule has 12 heteroatoms. The van der Waals surface area contributed by atoms with Gasteiger partial charge in [-0.15, -0.1) is 0 Å². The molecule has 212 valence electrons. The number of benzene rings is 4. The number of hydrogen-bond acceptors (Lipinski definition) is 8. The molecule has 0 heterocycles. The summed E-state index contributed by atoms with van der Waals surface area (Å²) in [5.74, 6) is 0.817. The van der Waals surface area contributed by atoms with Crippen molar-refractivity contribution in [2.75, 3.05) is 19.0 Å². The Morgan fingerprint density at radius 1 is 0.976 bits per heavy atom. The molecule has 0 amide bonds. The summed E-state index contributed by atoms with van der Waals surface area (Å²) in [7, 11) is -2.68. The maximum absolute atomic E-state index is 13.3. The molecule has 0 fully saturated rings. The van der Waals surface area contributed by atoms with Gasteiger partial charge in [0.1, 0.15) is 12.4 Å². The van der Waals surface area contributed by atoms with E-state index in [9.17, 15) is 18.5 Å². The third kappa shape index (κ3) is 7.59. The molecule has 0 spiro atoms. The lowest BCUT2D eigenvalue weighted by Crippen LogP contribution is -2.33. The molecule has 4 aromatic carbocycles. The SMILES string of the molecule is COc1cc(C(CNc2ccc(C(=N)N)cc2)NS(=O)(=O)c2cccc([N+](=O)[O-])c2)ccc1OCc1ccccc1. The standard InChI is InChI=1S/C29H29N5O6S/c1-39-28-16-22(12-15-27(28)40-19-20-6-3-2-4-7-20)26(18-32-23-13-10-21(11-14-23)29(30)31)33-41(37,38)25-9-5-8-24(17-25)34(35)36/h2-17,26,32-33H,18-19H2,1H3,(H3,30,31). The summed E-state index contributed by atoms with van der Waals surface area (Å²) >= 11 is 0. The van der Waals surface area contributed by atoms with Crippen LogP contribution in [0.1, 0.15) is 22.7 Å². The lowest BCUT2D eigenvalue weighted by molar-refractivity contribution is -0.385. The molecule has 1 unspecified atom stereocenters. The van der Waals surface area contributed by atoms with Crippen molar-refractivity contribution >= 4 is 27.2 Å². The predicted molar refractivity (Wildman–Crippen MR) is 156 cm³/mol. The molecule has 0 bridgehead atoms. The third-order valence-electron chi connectivity index (χ3n) is 6.17. The Morgan fingerprint density at radius 3 is 2.37 bits per heavy atom. The number of non-ortho nitro benzene ring substituents is 1. The topological polar surface area (TPSA) is 170 Å². The van der Waals surface area contributed by atoms with E-state index in [0.29, 0.717) is 34.9 Å². The fourth-order valence-corrected chi connectivity index (χ4v) is 5.25. The molecule has 0 radical (unpaired) electrons. The molecule has 0 aliphatic carbocycles. The van der Waals surface area contributed by atoms with Gasteiger partial charge in [-0.2, -0.15) is 0 Å². The van der Waals surface area contributed by atoms with E-state index in [1.54, 1.807) is 42.5 Å². The predicted octanol–water partition coefficient (Wildman–Crippen LogP) is 4.60. The van der Waals surface area contributed by atoms with Crippen molar-refractivity contribution in [3.05, 3.63) is 124 Å². The van der Waals surface area contributed by atoms with Gasteiger partial charge in [0, 0.05) is 29.9 Å². The summed E-state index contributed by atoms with van der Waals surface area (Å²) in [4.78, 5) is 10.3. The van der Waals surface area contributed by atoms with Crippen molar-refractivity contribution in [2.45, 2.75) is 17.5 Å². The summed E-state index contributed by atoms with van der Waals surface area (Å²) < 4.78 is 40.8. The van der Waals surface area contributed by atoms with Crippen LogP contribution in [0, 0.1) is 15.5 Å². The van der Waals surface area contributed by atoms with E-state index in [1.165, 1.54) is 25.3 Å². The lowest BCUT2D eigenvalue weighted by atomic mass is 10.1. The number of nitrogen functional groups attached to an aromatic ring is 1. The molecule has 0 aromatic heterocycles. The van der Waals surface area contributed by atoms with Crippen LogP contribution in [-0.4, -0.2) is 32.8 Å². The van der Waals surface area contributed by atoms with E-state index in [4.69, 9.17) is 20.6 Å². The second-order valence-corrected chi connectivity index (χ2v) is 10.7. The zero-order valence-electron chi connectivity index (χ0n) is 22.1. The van der Waals surface area contributed by atoms with Crippen LogP contribution in [0.2, 0.25) is 0 Å². The van der Waals surface area contributed by atoms with Gasteiger partial charge < -0.3 is 20.5 Å². The Balaban J connectivity index is 1.62. The van der Waals surface area contributed by atoms with Crippen LogP contribution in [0.25, 0.3) is 0 Å². The van der Waals surface area contributed by atoms with Crippen LogP contribution in [0.15, 0.2) is 102 Å². The average Bonchev–Trinajstić information content (AvgIpc) is 2.98.